The molecule has 8 atom stereocenters. The molecule has 1 aromatic rings. The first-order valence-corrected chi connectivity index (χ1v) is 13.5. The number of hydrogen-bond donors (Lipinski definition) is 4. The van der Waals surface area contributed by atoms with Gasteiger partial charge in [-0.2, -0.15) is 5.06 Å². The van der Waals surface area contributed by atoms with Crippen molar-refractivity contribution < 1.29 is 19.8 Å². The smallest absolute Gasteiger partial charge is 0.240 e. The Morgan fingerprint density at radius 2 is 2.06 bits per heavy atom. The molecule has 1 amide bonds. The summed E-state index contributed by atoms with van der Waals surface area (Å²) in [5.41, 5.74) is 2.36. The highest BCUT2D eigenvalue weighted by Gasteiger charge is 2.57. The number of nitrogens with one attached hydrogen (secondary N) is 2. The van der Waals surface area contributed by atoms with Crippen LogP contribution in [0.3, 0.4) is 0 Å². The number of aliphatic hydroxyl groups is 2. The van der Waals surface area contributed by atoms with E-state index >= 15 is 0 Å². The maximum absolute atomic E-state index is 13.7. The van der Waals surface area contributed by atoms with Gasteiger partial charge in [-0.3, -0.25) is 9.63 Å². The molecule has 202 valence electrons. The van der Waals surface area contributed by atoms with Crippen molar-refractivity contribution in [1.82, 2.24) is 15.3 Å². The van der Waals surface area contributed by atoms with Gasteiger partial charge in [-0.05, 0) is 74.7 Å². The highest BCUT2D eigenvalue weighted by molar-refractivity contribution is 5.82. The van der Waals surface area contributed by atoms with Crippen LogP contribution in [0, 0.1) is 29.1 Å². The van der Waals surface area contributed by atoms with E-state index in [9.17, 15) is 15.0 Å². The Bertz CT molecular complexity index is 907. The van der Waals surface area contributed by atoms with E-state index in [1.807, 2.05) is 32.3 Å². The van der Waals surface area contributed by atoms with E-state index in [1.165, 1.54) is 6.42 Å². The standard InChI is InChI=1S/C28H46N4O4/c1-17-22-13-20(28(22,3)4)14-23(17)30-27(35)26-25(18(2)34)24(16-33)36-32(26)15-19-8-7-9-21(12-19)29-10-11-31(5)6/h7-9,12,17-18,20,22-26,29,33-34H,10-11,13-16H2,1-6H3,(H,30,35)/t17-,18-,20+,22-,23-,24-,25+,26-/m0/s1. The van der Waals surface area contributed by atoms with Crippen molar-refractivity contribution in [3.05, 3.63) is 29.8 Å². The lowest BCUT2D eigenvalue weighted by Crippen LogP contribution is -2.62. The molecule has 1 heterocycles. The lowest BCUT2D eigenvalue weighted by molar-refractivity contribution is -0.183. The van der Waals surface area contributed by atoms with Crippen LogP contribution in [0.4, 0.5) is 5.69 Å². The Hall–Kier alpha value is -1.71. The maximum atomic E-state index is 13.7. The normalized spacial score (nSPS) is 34.3. The van der Waals surface area contributed by atoms with Crippen molar-refractivity contribution in [3.63, 3.8) is 0 Å². The summed E-state index contributed by atoms with van der Waals surface area (Å²) in [6, 6.07) is 7.55. The van der Waals surface area contributed by atoms with Gasteiger partial charge in [0, 0.05) is 30.7 Å². The largest absolute Gasteiger partial charge is 0.394 e. The highest BCUT2D eigenvalue weighted by atomic mass is 16.7. The van der Waals surface area contributed by atoms with E-state index in [4.69, 9.17) is 4.84 Å². The number of anilines is 1. The second kappa shape index (κ2) is 11.0. The molecule has 1 saturated heterocycles. The molecule has 0 aromatic heterocycles. The van der Waals surface area contributed by atoms with Crippen molar-refractivity contribution in [2.24, 2.45) is 29.1 Å². The fourth-order valence-corrected chi connectivity index (χ4v) is 6.87. The molecule has 0 spiro atoms. The first-order valence-electron chi connectivity index (χ1n) is 13.5. The van der Waals surface area contributed by atoms with Crippen LogP contribution >= 0.6 is 0 Å². The van der Waals surface area contributed by atoms with Gasteiger partial charge in [0.15, 0.2) is 0 Å². The van der Waals surface area contributed by atoms with E-state index in [0.29, 0.717) is 29.7 Å². The van der Waals surface area contributed by atoms with Gasteiger partial charge in [0.2, 0.25) is 5.91 Å². The van der Waals surface area contributed by atoms with Gasteiger partial charge < -0.3 is 25.7 Å². The molecule has 4 aliphatic rings. The van der Waals surface area contributed by atoms with Gasteiger partial charge in [0.05, 0.1) is 19.3 Å². The average molecular weight is 503 g/mol. The molecule has 0 radical (unpaired) electrons. The number of hydroxylamine groups is 2. The van der Waals surface area contributed by atoms with Gasteiger partial charge in [0.25, 0.3) is 0 Å². The predicted octanol–water partition coefficient (Wildman–Crippen LogP) is 2.32. The summed E-state index contributed by atoms with van der Waals surface area (Å²) in [5, 5.41) is 29.1. The van der Waals surface area contributed by atoms with Gasteiger partial charge in [-0.1, -0.05) is 32.9 Å². The fraction of sp³-hybridized carbons (Fsp3) is 0.750. The quantitative estimate of drug-likeness (QED) is 0.390. The van der Waals surface area contributed by atoms with E-state index < -0.39 is 24.2 Å². The lowest BCUT2D eigenvalue weighted by atomic mass is 9.45. The van der Waals surface area contributed by atoms with Gasteiger partial charge >= 0.3 is 0 Å². The van der Waals surface area contributed by atoms with Gasteiger partial charge in [0.1, 0.15) is 12.1 Å². The minimum Gasteiger partial charge on any atom is -0.394 e. The predicted molar refractivity (Wildman–Crippen MR) is 141 cm³/mol. The highest BCUT2D eigenvalue weighted by Crippen LogP contribution is 2.61. The van der Waals surface area contributed by atoms with Crippen LogP contribution in [-0.2, 0) is 16.2 Å². The van der Waals surface area contributed by atoms with Crippen LogP contribution in [0.5, 0.6) is 0 Å². The molecule has 5 rings (SSSR count). The number of fused-ring (bicyclic) bond motifs is 2. The molecule has 1 aromatic carbocycles. The topological polar surface area (TPSA) is 97.3 Å². The molecule has 4 fully saturated rings. The number of rotatable bonds is 10. The van der Waals surface area contributed by atoms with Crippen LogP contribution in [-0.4, -0.2) is 84.2 Å². The van der Waals surface area contributed by atoms with Crippen molar-refractivity contribution in [3.8, 4) is 0 Å². The zero-order valence-electron chi connectivity index (χ0n) is 22.8. The molecule has 8 nitrogen and oxygen atoms in total. The Kier molecular flexibility index (Phi) is 8.32. The average Bonchev–Trinajstić information content (AvgIpc) is 3.18. The number of hydrogen-bond acceptors (Lipinski definition) is 7. The second-order valence-electron chi connectivity index (χ2n) is 12.2. The lowest BCUT2D eigenvalue weighted by Gasteiger charge is -2.62. The van der Waals surface area contributed by atoms with Crippen LogP contribution in [0.2, 0.25) is 0 Å². The minimum atomic E-state index is -0.793. The monoisotopic (exact) mass is 502 g/mol. The van der Waals surface area contributed by atoms with Gasteiger partial charge in [-0.25, -0.2) is 0 Å². The molecular weight excluding hydrogens is 456 g/mol. The Balaban J connectivity index is 1.48. The van der Waals surface area contributed by atoms with Crippen LogP contribution < -0.4 is 10.6 Å². The Morgan fingerprint density at radius 1 is 1.31 bits per heavy atom. The zero-order valence-corrected chi connectivity index (χ0v) is 22.8. The summed E-state index contributed by atoms with van der Waals surface area (Å²) < 4.78 is 0. The molecule has 3 saturated carbocycles. The summed E-state index contributed by atoms with van der Waals surface area (Å²) in [7, 11) is 4.09. The van der Waals surface area contributed by atoms with E-state index in [-0.39, 0.29) is 18.6 Å². The summed E-state index contributed by atoms with van der Waals surface area (Å²) in [4.78, 5) is 22.0. The molecule has 36 heavy (non-hydrogen) atoms. The summed E-state index contributed by atoms with van der Waals surface area (Å²) in [6.45, 7) is 10.5. The van der Waals surface area contributed by atoms with Crippen LogP contribution in [0.15, 0.2) is 24.3 Å². The number of carbonyl (C=O) groups excluding carboxylic acids is 1. The third-order valence-electron chi connectivity index (χ3n) is 9.22. The number of amides is 1. The zero-order chi connectivity index (χ0) is 26.2. The van der Waals surface area contributed by atoms with E-state index in [1.54, 1.807) is 12.0 Å². The molecule has 8 heteroatoms. The third-order valence-corrected chi connectivity index (χ3v) is 9.22. The molecule has 2 bridgehead atoms. The molecular formula is C28H46N4O4. The summed E-state index contributed by atoms with van der Waals surface area (Å²) in [5.74, 6) is 1.04. The number of aliphatic hydroxyl groups excluding tert-OH is 2. The van der Waals surface area contributed by atoms with Crippen LogP contribution in [0.1, 0.15) is 46.1 Å². The van der Waals surface area contributed by atoms with Crippen molar-refractivity contribution in [2.75, 3.05) is 39.1 Å². The molecule has 3 aliphatic carbocycles. The van der Waals surface area contributed by atoms with Crippen molar-refractivity contribution in [1.29, 1.82) is 0 Å². The van der Waals surface area contributed by atoms with Gasteiger partial charge in [-0.15, -0.1) is 0 Å². The Morgan fingerprint density at radius 3 is 2.67 bits per heavy atom. The van der Waals surface area contributed by atoms with E-state index in [2.05, 4.69) is 42.4 Å². The molecule has 4 N–H and O–H groups in total. The second-order valence-corrected chi connectivity index (χ2v) is 12.2. The van der Waals surface area contributed by atoms with Crippen molar-refractivity contribution >= 4 is 11.6 Å². The summed E-state index contributed by atoms with van der Waals surface area (Å²) >= 11 is 0. The number of likely N-dealkylation sites (N-methyl/N-ethyl adjacent to an activating group) is 1. The number of benzene rings is 1. The van der Waals surface area contributed by atoms with Crippen LogP contribution in [0.25, 0.3) is 0 Å². The number of nitrogens with zero attached hydrogens (tertiary/aromatic N) is 2. The SMILES string of the molecule is C[C@@H]1[C@@H](NC(=O)[C@@H]2[C@H]([C@H](C)O)[C@H](CO)ON2Cc2cccc(NCCN(C)C)c2)C[C@H]2C[C@@H]1C2(C)C. The maximum Gasteiger partial charge on any atom is 0.240 e. The van der Waals surface area contributed by atoms with E-state index in [0.717, 1.165) is 30.8 Å². The molecule has 1 aliphatic heterocycles. The fourth-order valence-electron chi connectivity index (χ4n) is 6.87. The third kappa shape index (κ3) is 5.43. The molecule has 0 unspecified atom stereocenters. The van der Waals surface area contributed by atoms with Crippen molar-refractivity contribution in [2.45, 2.75) is 71.4 Å². The first kappa shape index (κ1) is 27.3. The Labute approximate surface area is 216 Å². The number of carbonyl (C=O) groups is 1. The summed E-state index contributed by atoms with van der Waals surface area (Å²) in [6.07, 6.45) is 0.824. The first-order chi connectivity index (χ1) is 17.0. The minimum absolute atomic E-state index is 0.118.